The van der Waals surface area contributed by atoms with E-state index < -0.39 is 0 Å². The summed E-state index contributed by atoms with van der Waals surface area (Å²) in [6.45, 7) is 4.66. The summed E-state index contributed by atoms with van der Waals surface area (Å²) >= 11 is 7.43. The molecular weight excluding hydrogens is 268 g/mol. The molecule has 1 amide bonds. The predicted molar refractivity (Wildman–Crippen MR) is 74.2 cm³/mol. The fourth-order valence-corrected chi connectivity index (χ4v) is 2.69. The van der Waals surface area contributed by atoms with Gasteiger partial charge in [-0.3, -0.25) is 4.79 Å². The Bertz CT molecular complexity index is 561. The minimum absolute atomic E-state index is 0.207. The SMILES string of the molecule is Cc1cc(CNC(=O)c2cccc(Cl)n2)sc1C. The summed E-state index contributed by atoms with van der Waals surface area (Å²) < 4.78 is 0. The third kappa shape index (κ3) is 3.09. The molecule has 2 rings (SSSR count). The number of aryl methyl sites for hydroxylation is 2. The quantitative estimate of drug-likeness (QED) is 0.876. The molecule has 3 nitrogen and oxygen atoms in total. The first-order valence-electron chi connectivity index (χ1n) is 5.53. The number of carbonyl (C=O) groups excluding carboxylic acids is 1. The third-order valence-corrected chi connectivity index (χ3v) is 3.95. The molecule has 0 saturated carbocycles. The highest BCUT2D eigenvalue weighted by Gasteiger charge is 2.08. The van der Waals surface area contributed by atoms with Crippen LogP contribution in [-0.4, -0.2) is 10.9 Å². The lowest BCUT2D eigenvalue weighted by molar-refractivity contribution is 0.0946. The van der Waals surface area contributed by atoms with Gasteiger partial charge in [-0.25, -0.2) is 4.98 Å². The first-order chi connectivity index (χ1) is 8.56. The van der Waals surface area contributed by atoms with Crippen LogP contribution in [0, 0.1) is 13.8 Å². The van der Waals surface area contributed by atoms with Gasteiger partial charge in [-0.05, 0) is 37.6 Å². The highest BCUT2D eigenvalue weighted by atomic mass is 35.5. The van der Waals surface area contributed by atoms with Crippen molar-refractivity contribution in [3.63, 3.8) is 0 Å². The van der Waals surface area contributed by atoms with Gasteiger partial charge in [0.05, 0.1) is 6.54 Å². The first-order valence-corrected chi connectivity index (χ1v) is 6.72. The molecule has 2 heterocycles. The van der Waals surface area contributed by atoms with E-state index in [1.165, 1.54) is 10.4 Å². The summed E-state index contributed by atoms with van der Waals surface area (Å²) in [5, 5.41) is 3.16. The number of aromatic nitrogens is 1. The third-order valence-electron chi connectivity index (χ3n) is 2.59. The van der Waals surface area contributed by atoms with Crippen LogP contribution in [0.25, 0.3) is 0 Å². The van der Waals surface area contributed by atoms with E-state index in [0.29, 0.717) is 17.4 Å². The number of pyridine rings is 1. The first kappa shape index (κ1) is 13.1. The van der Waals surface area contributed by atoms with Gasteiger partial charge < -0.3 is 5.32 Å². The number of thiophene rings is 1. The lowest BCUT2D eigenvalue weighted by atomic mass is 10.3. The summed E-state index contributed by atoms with van der Waals surface area (Å²) in [6.07, 6.45) is 0. The number of halogens is 1. The van der Waals surface area contributed by atoms with Gasteiger partial charge in [0.2, 0.25) is 0 Å². The molecule has 0 unspecified atom stereocenters. The zero-order valence-electron chi connectivity index (χ0n) is 10.2. The second kappa shape index (κ2) is 5.50. The molecule has 0 aliphatic rings. The molecule has 1 N–H and O–H groups in total. The van der Waals surface area contributed by atoms with Crippen molar-refractivity contribution in [2.24, 2.45) is 0 Å². The van der Waals surface area contributed by atoms with Crippen molar-refractivity contribution in [2.45, 2.75) is 20.4 Å². The predicted octanol–water partition coefficient (Wildman–Crippen LogP) is 3.34. The fourth-order valence-electron chi connectivity index (χ4n) is 1.53. The van der Waals surface area contributed by atoms with E-state index in [2.05, 4.69) is 30.2 Å². The smallest absolute Gasteiger partial charge is 0.270 e. The van der Waals surface area contributed by atoms with Crippen LogP contribution in [0.2, 0.25) is 5.15 Å². The highest BCUT2D eigenvalue weighted by molar-refractivity contribution is 7.12. The number of nitrogens with one attached hydrogen (secondary N) is 1. The lowest BCUT2D eigenvalue weighted by Crippen LogP contribution is -2.23. The maximum Gasteiger partial charge on any atom is 0.270 e. The van der Waals surface area contributed by atoms with E-state index in [-0.39, 0.29) is 5.91 Å². The number of hydrogen-bond donors (Lipinski definition) is 1. The summed E-state index contributed by atoms with van der Waals surface area (Å²) in [5.41, 5.74) is 1.60. The molecule has 0 aliphatic heterocycles. The summed E-state index contributed by atoms with van der Waals surface area (Å²) in [6, 6.07) is 7.09. The molecule has 0 bridgehead atoms. The van der Waals surface area contributed by atoms with Crippen molar-refractivity contribution in [3.8, 4) is 0 Å². The minimum Gasteiger partial charge on any atom is -0.346 e. The van der Waals surface area contributed by atoms with E-state index >= 15 is 0 Å². The Kier molecular flexibility index (Phi) is 3.99. The van der Waals surface area contributed by atoms with Crippen molar-refractivity contribution < 1.29 is 4.79 Å². The van der Waals surface area contributed by atoms with Gasteiger partial charge >= 0.3 is 0 Å². The van der Waals surface area contributed by atoms with E-state index in [9.17, 15) is 4.79 Å². The molecule has 0 radical (unpaired) electrons. The van der Waals surface area contributed by atoms with E-state index in [0.717, 1.165) is 4.88 Å². The van der Waals surface area contributed by atoms with Gasteiger partial charge in [0, 0.05) is 9.75 Å². The van der Waals surface area contributed by atoms with Gasteiger partial charge in [0.25, 0.3) is 5.91 Å². The number of carbonyl (C=O) groups is 1. The Morgan fingerprint density at radius 3 is 2.83 bits per heavy atom. The zero-order valence-corrected chi connectivity index (χ0v) is 11.7. The Balaban J connectivity index is 2.00. The van der Waals surface area contributed by atoms with Gasteiger partial charge in [-0.2, -0.15) is 0 Å². The van der Waals surface area contributed by atoms with Crippen LogP contribution in [-0.2, 0) is 6.54 Å². The lowest BCUT2D eigenvalue weighted by Gasteiger charge is -2.02. The van der Waals surface area contributed by atoms with Crippen LogP contribution in [0.1, 0.15) is 25.8 Å². The average molecular weight is 281 g/mol. The van der Waals surface area contributed by atoms with Crippen LogP contribution in [0.4, 0.5) is 0 Å². The minimum atomic E-state index is -0.207. The van der Waals surface area contributed by atoms with Crippen molar-refractivity contribution >= 4 is 28.8 Å². The molecule has 0 atom stereocenters. The summed E-state index contributed by atoms with van der Waals surface area (Å²) in [5.74, 6) is -0.207. The van der Waals surface area contributed by atoms with Crippen LogP contribution in [0.15, 0.2) is 24.3 Å². The van der Waals surface area contributed by atoms with Crippen LogP contribution in [0.5, 0.6) is 0 Å². The molecule has 18 heavy (non-hydrogen) atoms. The van der Waals surface area contributed by atoms with Crippen LogP contribution >= 0.6 is 22.9 Å². The number of amides is 1. The molecule has 5 heteroatoms. The molecular formula is C13H13ClN2OS. The maximum absolute atomic E-state index is 11.8. The molecule has 0 saturated heterocycles. The average Bonchev–Trinajstić information content (AvgIpc) is 2.66. The Morgan fingerprint density at radius 1 is 1.44 bits per heavy atom. The molecule has 0 fully saturated rings. The van der Waals surface area contributed by atoms with E-state index in [1.807, 2.05) is 0 Å². The maximum atomic E-state index is 11.8. The highest BCUT2D eigenvalue weighted by Crippen LogP contribution is 2.20. The standard InChI is InChI=1S/C13H13ClN2OS/c1-8-6-10(18-9(8)2)7-15-13(17)11-4-3-5-12(14)16-11/h3-6H,7H2,1-2H3,(H,15,17). The van der Waals surface area contributed by atoms with Gasteiger partial charge in [0.15, 0.2) is 0 Å². The van der Waals surface area contributed by atoms with Gasteiger partial charge in [0.1, 0.15) is 10.8 Å². The van der Waals surface area contributed by atoms with Crippen molar-refractivity contribution in [3.05, 3.63) is 50.4 Å². The van der Waals surface area contributed by atoms with Crippen molar-refractivity contribution in [1.82, 2.24) is 10.3 Å². The van der Waals surface area contributed by atoms with Crippen LogP contribution < -0.4 is 5.32 Å². The second-order valence-corrected chi connectivity index (χ2v) is 5.71. The fraction of sp³-hybridized carbons (Fsp3) is 0.231. The monoisotopic (exact) mass is 280 g/mol. The molecule has 2 aromatic rings. The van der Waals surface area contributed by atoms with Gasteiger partial charge in [-0.15, -0.1) is 11.3 Å². The second-order valence-electron chi connectivity index (χ2n) is 3.98. The van der Waals surface area contributed by atoms with E-state index in [1.54, 1.807) is 29.5 Å². The molecule has 94 valence electrons. The number of hydrogen-bond acceptors (Lipinski definition) is 3. The molecule has 0 aliphatic carbocycles. The largest absolute Gasteiger partial charge is 0.346 e. The molecule has 0 aromatic carbocycles. The van der Waals surface area contributed by atoms with E-state index in [4.69, 9.17) is 11.6 Å². The van der Waals surface area contributed by atoms with Crippen molar-refractivity contribution in [1.29, 1.82) is 0 Å². The number of rotatable bonds is 3. The zero-order chi connectivity index (χ0) is 13.1. The topological polar surface area (TPSA) is 42.0 Å². The molecule has 0 spiro atoms. The van der Waals surface area contributed by atoms with Crippen LogP contribution in [0.3, 0.4) is 0 Å². The normalized spacial score (nSPS) is 10.4. The summed E-state index contributed by atoms with van der Waals surface area (Å²) in [4.78, 5) is 18.2. The Morgan fingerprint density at radius 2 is 2.22 bits per heavy atom. The Labute approximate surface area is 115 Å². The molecule has 2 aromatic heterocycles. The van der Waals surface area contributed by atoms with Crippen molar-refractivity contribution in [2.75, 3.05) is 0 Å². The summed E-state index contributed by atoms with van der Waals surface area (Å²) in [7, 11) is 0. The number of nitrogens with zero attached hydrogens (tertiary/aromatic N) is 1. The van der Waals surface area contributed by atoms with Gasteiger partial charge in [-0.1, -0.05) is 17.7 Å². The Hall–Kier alpha value is -1.39.